The average Bonchev–Trinajstić information content (AvgIpc) is 2.41. The molecule has 2 aromatic carbocycles. The number of para-hydroxylation sites is 1. The Bertz CT molecular complexity index is 574. The molecule has 0 amide bonds. The highest BCUT2D eigenvalue weighted by atomic mass is 79.9. The number of hydrogen-bond acceptors (Lipinski definition) is 2. The molecule has 1 unspecified atom stereocenters. The number of nitrogens with one attached hydrogen (secondary N) is 1. The summed E-state index contributed by atoms with van der Waals surface area (Å²) in [6.45, 7) is 2.03. The van der Waals surface area contributed by atoms with E-state index in [1.54, 1.807) is 0 Å². The first-order chi connectivity index (χ1) is 9.11. The van der Waals surface area contributed by atoms with E-state index in [4.69, 9.17) is 11.6 Å². The maximum absolute atomic E-state index is 9.57. The predicted molar refractivity (Wildman–Crippen MR) is 83.8 cm³/mol. The van der Waals surface area contributed by atoms with E-state index in [-0.39, 0.29) is 12.6 Å². The van der Waals surface area contributed by atoms with E-state index in [0.29, 0.717) is 5.02 Å². The van der Waals surface area contributed by atoms with Gasteiger partial charge in [0.25, 0.3) is 0 Å². The Balaban J connectivity index is 2.25. The lowest BCUT2D eigenvalue weighted by molar-refractivity contribution is 0.276. The molecule has 0 bridgehead atoms. The van der Waals surface area contributed by atoms with Crippen molar-refractivity contribution in [3.05, 3.63) is 63.1 Å². The highest BCUT2D eigenvalue weighted by Crippen LogP contribution is 2.28. The van der Waals surface area contributed by atoms with Crippen molar-refractivity contribution in [2.24, 2.45) is 0 Å². The van der Waals surface area contributed by atoms with Gasteiger partial charge in [0.2, 0.25) is 0 Å². The third-order valence-electron chi connectivity index (χ3n) is 2.98. The number of halogens is 2. The van der Waals surface area contributed by atoms with Crippen LogP contribution in [0.25, 0.3) is 0 Å². The van der Waals surface area contributed by atoms with Gasteiger partial charge < -0.3 is 10.4 Å². The number of hydrogen-bond donors (Lipinski definition) is 2. The van der Waals surface area contributed by atoms with Crippen LogP contribution in [0.15, 0.2) is 46.9 Å². The van der Waals surface area contributed by atoms with Gasteiger partial charge >= 0.3 is 0 Å². The summed E-state index contributed by atoms with van der Waals surface area (Å²) >= 11 is 9.62. The molecule has 0 aliphatic carbocycles. The molecule has 0 saturated carbocycles. The number of aryl methyl sites for hydroxylation is 1. The number of benzene rings is 2. The van der Waals surface area contributed by atoms with Gasteiger partial charge in [-0.1, -0.05) is 51.8 Å². The van der Waals surface area contributed by atoms with Crippen LogP contribution in [0.3, 0.4) is 0 Å². The van der Waals surface area contributed by atoms with Crippen LogP contribution >= 0.6 is 27.5 Å². The Morgan fingerprint density at radius 2 is 2.00 bits per heavy atom. The lowest BCUT2D eigenvalue weighted by Gasteiger charge is -2.19. The number of aliphatic hydroxyl groups excluding tert-OH is 1. The number of rotatable bonds is 4. The van der Waals surface area contributed by atoms with Crippen molar-refractivity contribution in [2.45, 2.75) is 13.0 Å². The van der Waals surface area contributed by atoms with Crippen LogP contribution in [-0.2, 0) is 0 Å². The summed E-state index contributed by atoms with van der Waals surface area (Å²) < 4.78 is 1.03. The van der Waals surface area contributed by atoms with Crippen LogP contribution in [0.1, 0.15) is 17.2 Å². The van der Waals surface area contributed by atoms with Crippen molar-refractivity contribution in [3.63, 3.8) is 0 Å². The smallest absolute Gasteiger partial charge is 0.0745 e. The zero-order valence-corrected chi connectivity index (χ0v) is 12.9. The number of aliphatic hydroxyl groups is 1. The molecular weight excluding hydrogens is 326 g/mol. The molecule has 0 saturated heterocycles. The van der Waals surface area contributed by atoms with Crippen LogP contribution in [0.2, 0.25) is 5.02 Å². The lowest BCUT2D eigenvalue weighted by Crippen LogP contribution is -2.15. The molecule has 0 aliphatic heterocycles. The lowest BCUT2D eigenvalue weighted by atomic mass is 10.1. The normalized spacial score (nSPS) is 12.2. The summed E-state index contributed by atoms with van der Waals surface area (Å²) in [7, 11) is 0. The van der Waals surface area contributed by atoms with Crippen LogP contribution in [0, 0.1) is 6.92 Å². The molecule has 2 aromatic rings. The molecule has 0 aromatic heterocycles. The molecular formula is C15H15BrClNO. The summed E-state index contributed by atoms with van der Waals surface area (Å²) in [6, 6.07) is 13.4. The van der Waals surface area contributed by atoms with E-state index in [1.165, 1.54) is 0 Å². The number of anilines is 1. The Hall–Kier alpha value is -1.03. The van der Waals surface area contributed by atoms with Gasteiger partial charge in [-0.2, -0.15) is 0 Å². The quantitative estimate of drug-likeness (QED) is 0.855. The van der Waals surface area contributed by atoms with E-state index in [1.807, 2.05) is 49.4 Å². The fourth-order valence-electron chi connectivity index (χ4n) is 1.83. The van der Waals surface area contributed by atoms with Crippen LogP contribution < -0.4 is 5.32 Å². The summed E-state index contributed by atoms with van der Waals surface area (Å²) in [4.78, 5) is 0. The van der Waals surface area contributed by atoms with E-state index in [2.05, 4.69) is 21.2 Å². The van der Waals surface area contributed by atoms with Gasteiger partial charge in [0, 0.05) is 4.47 Å². The van der Waals surface area contributed by atoms with Crippen LogP contribution in [0.4, 0.5) is 5.69 Å². The van der Waals surface area contributed by atoms with Gasteiger partial charge in [0.15, 0.2) is 0 Å². The molecule has 19 heavy (non-hydrogen) atoms. The Kier molecular flexibility index (Phi) is 4.86. The van der Waals surface area contributed by atoms with Crippen molar-refractivity contribution in [3.8, 4) is 0 Å². The second-order valence-corrected chi connectivity index (χ2v) is 5.63. The van der Waals surface area contributed by atoms with E-state index >= 15 is 0 Å². The first-order valence-electron chi connectivity index (χ1n) is 6.00. The maximum atomic E-state index is 9.57. The SMILES string of the molecule is Cc1ccc(C(CO)Nc2ccccc2Cl)cc1Br. The Labute approximate surface area is 126 Å². The molecule has 0 spiro atoms. The molecule has 4 heteroatoms. The monoisotopic (exact) mass is 339 g/mol. The van der Waals surface area contributed by atoms with Gasteiger partial charge in [-0.05, 0) is 36.2 Å². The third-order valence-corrected chi connectivity index (χ3v) is 4.17. The van der Waals surface area contributed by atoms with Crippen molar-refractivity contribution in [1.29, 1.82) is 0 Å². The van der Waals surface area contributed by atoms with E-state index in [9.17, 15) is 5.11 Å². The Morgan fingerprint density at radius 1 is 1.26 bits per heavy atom. The van der Waals surface area contributed by atoms with Gasteiger partial charge in [-0.15, -0.1) is 0 Å². The maximum Gasteiger partial charge on any atom is 0.0745 e. The highest BCUT2D eigenvalue weighted by molar-refractivity contribution is 9.10. The molecule has 2 rings (SSSR count). The minimum absolute atomic E-state index is 0.000718. The first-order valence-corrected chi connectivity index (χ1v) is 7.17. The summed E-state index contributed by atoms with van der Waals surface area (Å²) in [5, 5.41) is 13.5. The first kappa shape index (κ1) is 14.4. The minimum Gasteiger partial charge on any atom is -0.394 e. The van der Waals surface area contributed by atoms with Crippen molar-refractivity contribution in [1.82, 2.24) is 0 Å². The second kappa shape index (κ2) is 6.42. The van der Waals surface area contributed by atoms with Gasteiger partial charge in [-0.25, -0.2) is 0 Å². The highest BCUT2D eigenvalue weighted by Gasteiger charge is 2.12. The van der Waals surface area contributed by atoms with Crippen molar-refractivity contribution < 1.29 is 5.11 Å². The topological polar surface area (TPSA) is 32.3 Å². The molecule has 0 heterocycles. The average molecular weight is 341 g/mol. The summed E-state index contributed by atoms with van der Waals surface area (Å²) in [5.74, 6) is 0. The van der Waals surface area contributed by atoms with Crippen LogP contribution in [0.5, 0.6) is 0 Å². The van der Waals surface area contributed by atoms with E-state index < -0.39 is 0 Å². The fraction of sp³-hybridized carbons (Fsp3) is 0.200. The molecule has 2 nitrogen and oxygen atoms in total. The third kappa shape index (κ3) is 3.50. The zero-order valence-electron chi connectivity index (χ0n) is 10.5. The van der Waals surface area contributed by atoms with Crippen LogP contribution in [-0.4, -0.2) is 11.7 Å². The molecule has 2 N–H and O–H groups in total. The summed E-state index contributed by atoms with van der Waals surface area (Å²) in [6.07, 6.45) is 0. The summed E-state index contributed by atoms with van der Waals surface area (Å²) in [5.41, 5.74) is 3.00. The molecule has 0 fully saturated rings. The fourth-order valence-corrected chi connectivity index (χ4v) is 2.41. The Morgan fingerprint density at radius 3 is 2.63 bits per heavy atom. The van der Waals surface area contributed by atoms with Gasteiger partial charge in [0.05, 0.1) is 23.4 Å². The minimum atomic E-state index is -0.184. The zero-order chi connectivity index (χ0) is 13.8. The second-order valence-electron chi connectivity index (χ2n) is 4.37. The van der Waals surface area contributed by atoms with Gasteiger partial charge in [0.1, 0.15) is 0 Å². The van der Waals surface area contributed by atoms with E-state index in [0.717, 1.165) is 21.3 Å². The molecule has 0 aliphatic rings. The molecule has 1 atom stereocenters. The molecule has 0 radical (unpaired) electrons. The standard InChI is InChI=1S/C15H15BrClNO/c1-10-6-7-11(8-12(10)16)15(9-19)18-14-5-3-2-4-13(14)17/h2-8,15,18-19H,9H2,1H3. The largest absolute Gasteiger partial charge is 0.394 e. The molecule has 100 valence electrons. The van der Waals surface area contributed by atoms with Crippen molar-refractivity contribution >= 4 is 33.2 Å². The van der Waals surface area contributed by atoms with Crippen molar-refractivity contribution in [2.75, 3.05) is 11.9 Å². The van der Waals surface area contributed by atoms with Gasteiger partial charge in [-0.3, -0.25) is 0 Å². The predicted octanol–water partition coefficient (Wildman–Crippen LogP) is 4.56.